The number of rotatable bonds is 4. The van der Waals surface area contributed by atoms with Crippen molar-refractivity contribution in [1.82, 2.24) is 0 Å². The van der Waals surface area contributed by atoms with Crippen LogP contribution in [0.4, 0.5) is 29.3 Å². The molecule has 0 aliphatic heterocycles. The summed E-state index contributed by atoms with van der Waals surface area (Å²) in [5, 5.41) is 4.72. The van der Waals surface area contributed by atoms with Gasteiger partial charge in [0.1, 0.15) is 5.75 Å². The van der Waals surface area contributed by atoms with Gasteiger partial charge in [-0.3, -0.25) is 0 Å². The lowest BCUT2D eigenvalue weighted by Crippen LogP contribution is -2.20. The summed E-state index contributed by atoms with van der Waals surface area (Å²) in [5.74, 6) is -0.356. The minimum atomic E-state index is -4.52. The lowest BCUT2D eigenvalue weighted by Gasteiger charge is -2.13. The number of amides is 2. The smallest absolute Gasteiger partial charge is 0.416 e. The van der Waals surface area contributed by atoms with E-state index in [2.05, 4.69) is 15.4 Å². The molecule has 9 heteroatoms. The predicted octanol–water partition coefficient (Wildman–Crippen LogP) is 4.14. The Labute approximate surface area is 146 Å². The average molecular weight is 368 g/mol. The Balaban J connectivity index is 2.18. The highest BCUT2D eigenvalue weighted by Crippen LogP contribution is 2.31. The standard InChI is InChI=1S/C17H15F3N2O4/c1-25-14-7-6-10(15(23)26-2)8-13(14)22-16(24)21-12-5-3-4-11(9-12)17(18,19)20/h3-9H,1-2H3,(H2,21,22,24). The van der Waals surface area contributed by atoms with Gasteiger partial charge in [0.2, 0.25) is 0 Å². The molecule has 0 aliphatic rings. The SMILES string of the molecule is COC(=O)c1ccc(OC)c(NC(=O)Nc2cccc(C(F)(F)F)c2)c1. The fraction of sp³-hybridized carbons (Fsp3) is 0.176. The number of ether oxygens (including phenoxy) is 2. The first kappa shape index (κ1) is 19.1. The van der Waals surface area contributed by atoms with Gasteiger partial charge in [-0.15, -0.1) is 0 Å². The molecule has 2 amide bonds. The summed E-state index contributed by atoms with van der Waals surface area (Å²) in [6.45, 7) is 0. The Morgan fingerprint density at radius 1 is 1.00 bits per heavy atom. The first-order valence-corrected chi connectivity index (χ1v) is 7.26. The van der Waals surface area contributed by atoms with E-state index in [0.717, 1.165) is 12.1 Å². The van der Waals surface area contributed by atoms with Crippen molar-refractivity contribution in [3.05, 3.63) is 53.6 Å². The second-order valence-corrected chi connectivity index (χ2v) is 5.06. The van der Waals surface area contributed by atoms with Gasteiger partial charge in [-0.1, -0.05) is 6.07 Å². The first-order chi connectivity index (χ1) is 12.2. The molecule has 2 N–H and O–H groups in total. The third-order valence-electron chi connectivity index (χ3n) is 3.32. The van der Waals surface area contributed by atoms with E-state index >= 15 is 0 Å². The highest BCUT2D eigenvalue weighted by atomic mass is 19.4. The molecule has 6 nitrogen and oxygen atoms in total. The number of hydrogen-bond acceptors (Lipinski definition) is 4. The second-order valence-electron chi connectivity index (χ2n) is 5.06. The lowest BCUT2D eigenvalue weighted by molar-refractivity contribution is -0.137. The lowest BCUT2D eigenvalue weighted by atomic mass is 10.2. The highest BCUT2D eigenvalue weighted by molar-refractivity contribution is 6.02. The summed E-state index contributed by atoms with van der Waals surface area (Å²) in [6.07, 6.45) is -4.52. The Bertz CT molecular complexity index is 822. The molecule has 0 saturated heterocycles. The summed E-state index contributed by atoms with van der Waals surface area (Å²) in [7, 11) is 2.57. The number of anilines is 2. The van der Waals surface area contributed by atoms with Crippen molar-refractivity contribution in [3.8, 4) is 5.75 Å². The molecule has 0 bridgehead atoms. The quantitative estimate of drug-likeness (QED) is 0.795. The van der Waals surface area contributed by atoms with Crippen LogP contribution in [-0.2, 0) is 10.9 Å². The van der Waals surface area contributed by atoms with Gasteiger partial charge in [0.15, 0.2) is 0 Å². The van der Waals surface area contributed by atoms with Crippen LogP contribution < -0.4 is 15.4 Å². The van der Waals surface area contributed by atoms with Gasteiger partial charge in [0.25, 0.3) is 0 Å². The number of methoxy groups -OCH3 is 2. The van der Waals surface area contributed by atoms with Crippen LogP contribution in [0.1, 0.15) is 15.9 Å². The molecule has 138 valence electrons. The van der Waals surface area contributed by atoms with Crippen LogP contribution in [-0.4, -0.2) is 26.2 Å². The zero-order valence-corrected chi connectivity index (χ0v) is 13.8. The number of alkyl halides is 3. The topological polar surface area (TPSA) is 76.7 Å². The Morgan fingerprint density at radius 2 is 1.73 bits per heavy atom. The van der Waals surface area contributed by atoms with Crippen molar-refractivity contribution in [2.45, 2.75) is 6.18 Å². The highest BCUT2D eigenvalue weighted by Gasteiger charge is 2.30. The van der Waals surface area contributed by atoms with Crippen molar-refractivity contribution in [1.29, 1.82) is 0 Å². The minimum absolute atomic E-state index is 0.0413. The molecule has 0 atom stereocenters. The molecule has 0 aromatic heterocycles. The number of carbonyl (C=O) groups is 2. The Morgan fingerprint density at radius 3 is 2.35 bits per heavy atom. The molecule has 0 saturated carbocycles. The fourth-order valence-electron chi connectivity index (χ4n) is 2.11. The predicted molar refractivity (Wildman–Crippen MR) is 88.4 cm³/mol. The third kappa shape index (κ3) is 4.65. The van der Waals surface area contributed by atoms with Gasteiger partial charge in [0.05, 0.1) is 31.0 Å². The summed E-state index contributed by atoms with van der Waals surface area (Å²) < 4.78 is 47.8. The number of carbonyl (C=O) groups excluding carboxylic acids is 2. The van der Waals surface area contributed by atoms with Gasteiger partial charge in [-0.25, -0.2) is 9.59 Å². The molecule has 26 heavy (non-hydrogen) atoms. The molecule has 0 spiro atoms. The molecule has 0 heterocycles. The van der Waals surface area contributed by atoms with E-state index in [4.69, 9.17) is 4.74 Å². The van der Waals surface area contributed by atoms with Crippen LogP contribution in [0.25, 0.3) is 0 Å². The maximum absolute atomic E-state index is 12.7. The summed E-state index contributed by atoms with van der Waals surface area (Å²) >= 11 is 0. The van der Waals surface area contributed by atoms with Crippen LogP contribution in [0.3, 0.4) is 0 Å². The van der Waals surface area contributed by atoms with Crippen molar-refractivity contribution in [2.24, 2.45) is 0 Å². The number of hydrogen-bond donors (Lipinski definition) is 2. The van der Waals surface area contributed by atoms with E-state index in [9.17, 15) is 22.8 Å². The Kier molecular flexibility index (Phi) is 5.71. The molecule has 0 unspecified atom stereocenters. The van der Waals surface area contributed by atoms with Crippen LogP contribution in [0.2, 0.25) is 0 Å². The molecule has 2 aromatic rings. The average Bonchev–Trinajstić information content (AvgIpc) is 2.60. The summed E-state index contributed by atoms with van der Waals surface area (Å²) in [5.41, 5.74) is -0.608. The largest absolute Gasteiger partial charge is 0.495 e. The molecule has 2 aromatic carbocycles. The van der Waals surface area contributed by atoms with Gasteiger partial charge in [-0.05, 0) is 36.4 Å². The number of esters is 1. The van der Waals surface area contributed by atoms with Gasteiger partial charge in [0, 0.05) is 5.69 Å². The van der Waals surface area contributed by atoms with Gasteiger partial charge >= 0.3 is 18.2 Å². The fourth-order valence-corrected chi connectivity index (χ4v) is 2.11. The number of urea groups is 1. The number of benzene rings is 2. The zero-order valence-electron chi connectivity index (χ0n) is 13.8. The molecule has 0 aliphatic carbocycles. The Hall–Kier alpha value is -3.23. The van der Waals surface area contributed by atoms with Crippen LogP contribution in [0.5, 0.6) is 5.75 Å². The maximum Gasteiger partial charge on any atom is 0.416 e. The molecular weight excluding hydrogens is 353 g/mol. The van der Waals surface area contributed by atoms with E-state index < -0.39 is 23.7 Å². The van der Waals surface area contributed by atoms with Crippen LogP contribution in [0.15, 0.2) is 42.5 Å². The van der Waals surface area contributed by atoms with Gasteiger partial charge < -0.3 is 20.1 Å². The molecular formula is C17H15F3N2O4. The molecule has 0 fully saturated rings. The van der Waals surface area contributed by atoms with Crippen LogP contribution in [0, 0.1) is 0 Å². The zero-order chi connectivity index (χ0) is 19.3. The third-order valence-corrected chi connectivity index (χ3v) is 3.32. The number of halogens is 3. The van der Waals surface area contributed by atoms with Crippen molar-refractivity contribution in [3.63, 3.8) is 0 Å². The van der Waals surface area contributed by atoms with Crippen molar-refractivity contribution in [2.75, 3.05) is 24.9 Å². The van der Waals surface area contributed by atoms with E-state index in [1.54, 1.807) is 0 Å². The van der Waals surface area contributed by atoms with Gasteiger partial charge in [-0.2, -0.15) is 13.2 Å². The van der Waals surface area contributed by atoms with Crippen molar-refractivity contribution >= 4 is 23.4 Å². The maximum atomic E-state index is 12.7. The minimum Gasteiger partial charge on any atom is -0.495 e. The normalized spacial score (nSPS) is 10.8. The van der Waals surface area contributed by atoms with E-state index in [-0.39, 0.29) is 22.7 Å². The summed E-state index contributed by atoms with van der Waals surface area (Å²) in [6, 6.07) is 7.62. The van der Waals surface area contributed by atoms with Crippen molar-refractivity contribution < 1.29 is 32.2 Å². The summed E-state index contributed by atoms with van der Waals surface area (Å²) in [4.78, 5) is 23.7. The monoisotopic (exact) mass is 368 g/mol. The van der Waals surface area contributed by atoms with E-state index in [1.807, 2.05) is 0 Å². The second kappa shape index (κ2) is 7.77. The van der Waals surface area contributed by atoms with E-state index in [1.165, 1.54) is 44.6 Å². The van der Waals surface area contributed by atoms with Crippen LogP contribution >= 0.6 is 0 Å². The molecule has 2 rings (SSSR count). The first-order valence-electron chi connectivity index (χ1n) is 7.26. The number of nitrogens with one attached hydrogen (secondary N) is 2. The molecule has 0 radical (unpaired) electrons. The van der Waals surface area contributed by atoms with E-state index in [0.29, 0.717) is 0 Å².